The van der Waals surface area contributed by atoms with Gasteiger partial charge in [0.15, 0.2) is 0 Å². The Morgan fingerprint density at radius 1 is 1.33 bits per heavy atom. The smallest absolute Gasteiger partial charge is 0.223 e. The standard InChI is InChI=1S/C13H24N2O2.ClH/c1-9(10-7-14-8-10)13(16)15-11-5-3-4-6-12(11)17-2;/h9-12,14H,3-8H2,1-2H3,(H,15,16);1H. The number of nitrogens with one attached hydrogen (secondary N) is 2. The van der Waals surface area contributed by atoms with Crippen molar-refractivity contribution in [2.24, 2.45) is 11.8 Å². The van der Waals surface area contributed by atoms with E-state index in [0.717, 1.165) is 25.9 Å². The minimum Gasteiger partial charge on any atom is -0.379 e. The summed E-state index contributed by atoms with van der Waals surface area (Å²) in [5.41, 5.74) is 0. The van der Waals surface area contributed by atoms with Crippen LogP contribution < -0.4 is 10.6 Å². The maximum atomic E-state index is 12.1. The molecule has 0 spiro atoms. The van der Waals surface area contributed by atoms with Gasteiger partial charge in [0.1, 0.15) is 0 Å². The Balaban J connectivity index is 0.00000162. The van der Waals surface area contributed by atoms with E-state index in [9.17, 15) is 4.79 Å². The molecule has 1 aliphatic heterocycles. The minimum atomic E-state index is 0. The van der Waals surface area contributed by atoms with Gasteiger partial charge in [0.25, 0.3) is 0 Å². The monoisotopic (exact) mass is 276 g/mol. The van der Waals surface area contributed by atoms with Gasteiger partial charge in [-0.1, -0.05) is 19.8 Å². The van der Waals surface area contributed by atoms with Crippen molar-refractivity contribution in [1.82, 2.24) is 10.6 Å². The summed E-state index contributed by atoms with van der Waals surface area (Å²) in [6, 6.07) is 0.219. The lowest BCUT2D eigenvalue weighted by Gasteiger charge is -2.35. The zero-order valence-corrected chi connectivity index (χ0v) is 12.1. The summed E-state index contributed by atoms with van der Waals surface area (Å²) < 4.78 is 5.46. The van der Waals surface area contributed by atoms with Gasteiger partial charge in [-0.15, -0.1) is 12.4 Å². The normalized spacial score (nSPS) is 29.9. The van der Waals surface area contributed by atoms with Crippen molar-refractivity contribution in [3.05, 3.63) is 0 Å². The maximum Gasteiger partial charge on any atom is 0.223 e. The SMILES string of the molecule is COC1CCCCC1NC(=O)C(C)C1CNC1.Cl. The fourth-order valence-corrected chi connectivity index (χ4v) is 2.74. The minimum absolute atomic E-state index is 0. The fourth-order valence-electron chi connectivity index (χ4n) is 2.74. The molecule has 0 aromatic heterocycles. The van der Waals surface area contributed by atoms with E-state index in [4.69, 9.17) is 4.74 Å². The lowest BCUT2D eigenvalue weighted by Crippen LogP contribution is -2.53. The Kier molecular flexibility index (Phi) is 6.39. The molecule has 0 bridgehead atoms. The van der Waals surface area contributed by atoms with Gasteiger partial charge in [0, 0.05) is 13.0 Å². The van der Waals surface area contributed by atoms with Crippen molar-refractivity contribution in [2.75, 3.05) is 20.2 Å². The summed E-state index contributed by atoms with van der Waals surface area (Å²) in [6.45, 7) is 3.99. The molecule has 1 amide bonds. The number of carbonyl (C=O) groups is 1. The highest BCUT2D eigenvalue weighted by atomic mass is 35.5. The Hall–Kier alpha value is -0.320. The Morgan fingerprint density at radius 3 is 2.56 bits per heavy atom. The summed E-state index contributed by atoms with van der Waals surface area (Å²) in [5, 5.41) is 6.39. The van der Waals surface area contributed by atoms with Crippen LogP contribution in [0.2, 0.25) is 0 Å². The van der Waals surface area contributed by atoms with Gasteiger partial charge >= 0.3 is 0 Å². The van der Waals surface area contributed by atoms with Crippen LogP contribution in [0.5, 0.6) is 0 Å². The molecule has 3 atom stereocenters. The van der Waals surface area contributed by atoms with Crippen LogP contribution in [0.15, 0.2) is 0 Å². The maximum absolute atomic E-state index is 12.1. The van der Waals surface area contributed by atoms with Gasteiger partial charge in [-0.25, -0.2) is 0 Å². The second-order valence-electron chi connectivity index (χ2n) is 5.38. The molecular weight excluding hydrogens is 252 g/mol. The number of hydrogen-bond donors (Lipinski definition) is 2. The first-order valence-corrected chi connectivity index (χ1v) is 6.76. The predicted molar refractivity (Wildman–Crippen MR) is 74.0 cm³/mol. The molecule has 4 nitrogen and oxygen atoms in total. The molecule has 106 valence electrons. The largest absolute Gasteiger partial charge is 0.379 e. The van der Waals surface area contributed by atoms with E-state index in [1.165, 1.54) is 12.8 Å². The molecule has 1 saturated carbocycles. The summed E-state index contributed by atoms with van der Waals surface area (Å²) in [5.74, 6) is 0.834. The average Bonchev–Trinajstić information content (AvgIpc) is 2.27. The van der Waals surface area contributed by atoms with Crippen molar-refractivity contribution in [3.8, 4) is 0 Å². The Bertz CT molecular complexity index is 272. The zero-order valence-electron chi connectivity index (χ0n) is 11.3. The molecular formula is C13H25ClN2O2. The van der Waals surface area contributed by atoms with E-state index in [1.807, 2.05) is 6.92 Å². The van der Waals surface area contributed by atoms with Crippen LogP contribution in [-0.4, -0.2) is 38.3 Å². The molecule has 0 radical (unpaired) electrons. The van der Waals surface area contributed by atoms with Crippen LogP contribution in [0.3, 0.4) is 0 Å². The molecule has 18 heavy (non-hydrogen) atoms. The Labute approximate surface area is 116 Å². The highest BCUT2D eigenvalue weighted by Gasteiger charge is 2.32. The van der Waals surface area contributed by atoms with Gasteiger partial charge in [-0.05, 0) is 31.8 Å². The van der Waals surface area contributed by atoms with Crippen LogP contribution in [0, 0.1) is 11.8 Å². The number of methoxy groups -OCH3 is 1. The van der Waals surface area contributed by atoms with E-state index in [2.05, 4.69) is 10.6 Å². The average molecular weight is 277 g/mol. The van der Waals surface area contributed by atoms with Gasteiger partial charge in [-0.3, -0.25) is 4.79 Å². The van der Waals surface area contributed by atoms with E-state index in [0.29, 0.717) is 5.92 Å². The molecule has 2 N–H and O–H groups in total. The van der Waals surface area contributed by atoms with E-state index in [-0.39, 0.29) is 36.4 Å². The van der Waals surface area contributed by atoms with Crippen molar-refractivity contribution < 1.29 is 9.53 Å². The first-order valence-electron chi connectivity index (χ1n) is 6.76. The number of halogens is 1. The molecule has 3 unspecified atom stereocenters. The number of ether oxygens (including phenoxy) is 1. The topological polar surface area (TPSA) is 50.4 Å². The molecule has 5 heteroatoms. The molecule has 2 fully saturated rings. The van der Waals surface area contributed by atoms with E-state index < -0.39 is 0 Å². The molecule has 2 aliphatic rings. The number of rotatable bonds is 4. The van der Waals surface area contributed by atoms with Crippen molar-refractivity contribution in [1.29, 1.82) is 0 Å². The van der Waals surface area contributed by atoms with Crippen LogP contribution in [0.4, 0.5) is 0 Å². The van der Waals surface area contributed by atoms with E-state index >= 15 is 0 Å². The second-order valence-corrected chi connectivity index (χ2v) is 5.38. The van der Waals surface area contributed by atoms with Gasteiger partial charge < -0.3 is 15.4 Å². The first-order chi connectivity index (χ1) is 8.22. The van der Waals surface area contributed by atoms with Crippen LogP contribution in [-0.2, 0) is 9.53 Å². The molecule has 0 aromatic carbocycles. The molecule has 1 saturated heterocycles. The molecule has 1 heterocycles. The van der Waals surface area contributed by atoms with Gasteiger partial charge in [-0.2, -0.15) is 0 Å². The third-order valence-electron chi connectivity index (χ3n) is 4.27. The highest BCUT2D eigenvalue weighted by molar-refractivity contribution is 5.85. The van der Waals surface area contributed by atoms with Crippen molar-refractivity contribution in [3.63, 3.8) is 0 Å². The third kappa shape index (κ3) is 3.59. The lowest BCUT2D eigenvalue weighted by molar-refractivity contribution is -0.129. The fraction of sp³-hybridized carbons (Fsp3) is 0.923. The van der Waals surface area contributed by atoms with Crippen LogP contribution in [0.25, 0.3) is 0 Å². The Morgan fingerprint density at radius 2 is 2.00 bits per heavy atom. The zero-order chi connectivity index (χ0) is 12.3. The third-order valence-corrected chi connectivity index (χ3v) is 4.27. The van der Waals surface area contributed by atoms with Crippen molar-refractivity contribution in [2.45, 2.75) is 44.8 Å². The summed E-state index contributed by atoms with van der Waals surface area (Å²) in [7, 11) is 1.74. The number of amides is 1. The molecule has 0 aromatic rings. The van der Waals surface area contributed by atoms with Crippen LogP contribution in [0.1, 0.15) is 32.6 Å². The first kappa shape index (κ1) is 15.7. The van der Waals surface area contributed by atoms with E-state index in [1.54, 1.807) is 7.11 Å². The number of hydrogen-bond acceptors (Lipinski definition) is 3. The number of carbonyl (C=O) groups excluding carboxylic acids is 1. The van der Waals surface area contributed by atoms with Gasteiger partial charge in [0.05, 0.1) is 12.1 Å². The summed E-state index contributed by atoms with van der Waals surface area (Å²) in [4.78, 5) is 12.1. The highest BCUT2D eigenvalue weighted by Crippen LogP contribution is 2.22. The summed E-state index contributed by atoms with van der Waals surface area (Å²) >= 11 is 0. The second kappa shape index (κ2) is 7.31. The predicted octanol–water partition coefficient (Wildman–Crippen LogP) is 1.34. The molecule has 1 aliphatic carbocycles. The summed E-state index contributed by atoms with van der Waals surface area (Å²) in [6.07, 6.45) is 4.75. The van der Waals surface area contributed by atoms with Gasteiger partial charge in [0.2, 0.25) is 5.91 Å². The van der Waals surface area contributed by atoms with Crippen LogP contribution >= 0.6 is 12.4 Å². The quantitative estimate of drug-likeness (QED) is 0.815. The lowest BCUT2D eigenvalue weighted by atomic mass is 9.87. The molecule has 2 rings (SSSR count). The van der Waals surface area contributed by atoms with Crippen molar-refractivity contribution >= 4 is 18.3 Å².